The van der Waals surface area contributed by atoms with Crippen LogP contribution in [0.15, 0.2) is 4.99 Å². The van der Waals surface area contributed by atoms with E-state index < -0.39 is 0 Å². The Morgan fingerprint density at radius 2 is 1.93 bits per heavy atom. The molecule has 1 aliphatic heterocycles. The maximum atomic E-state index is 4.80. The van der Waals surface area contributed by atoms with Crippen molar-refractivity contribution in [1.82, 2.24) is 5.32 Å². The standard InChI is InChI=1S/C11H20N2S.ClH/c1-11(2)8-14-10(13-11)12-9-6-4-3-5-7-9;/h9H,3-8H2,1-2H3,(H,12,13);1H. The van der Waals surface area contributed by atoms with Gasteiger partial charge >= 0.3 is 0 Å². The molecule has 4 heteroatoms. The topological polar surface area (TPSA) is 24.4 Å². The molecular formula is C11H21ClN2S. The fourth-order valence-electron chi connectivity index (χ4n) is 2.06. The van der Waals surface area contributed by atoms with Crippen LogP contribution in [-0.2, 0) is 0 Å². The highest BCUT2D eigenvalue weighted by molar-refractivity contribution is 8.14. The van der Waals surface area contributed by atoms with Gasteiger partial charge in [-0.05, 0) is 26.7 Å². The molecule has 0 radical (unpaired) electrons. The van der Waals surface area contributed by atoms with Crippen LogP contribution in [0.4, 0.5) is 0 Å². The van der Waals surface area contributed by atoms with E-state index in [0.717, 1.165) is 5.75 Å². The molecule has 0 atom stereocenters. The number of hydrogen-bond acceptors (Lipinski definition) is 2. The minimum Gasteiger partial charge on any atom is -0.359 e. The molecule has 1 saturated carbocycles. The molecule has 0 unspecified atom stereocenters. The number of amidine groups is 1. The van der Waals surface area contributed by atoms with E-state index in [-0.39, 0.29) is 17.9 Å². The predicted molar refractivity (Wildman–Crippen MR) is 71.2 cm³/mol. The van der Waals surface area contributed by atoms with Gasteiger partial charge < -0.3 is 5.32 Å². The molecule has 0 aromatic heterocycles. The number of rotatable bonds is 1. The van der Waals surface area contributed by atoms with Crippen LogP contribution in [0, 0.1) is 0 Å². The Morgan fingerprint density at radius 3 is 2.47 bits per heavy atom. The predicted octanol–water partition coefficient (Wildman–Crippen LogP) is 3.21. The Balaban J connectivity index is 0.00000112. The molecule has 2 rings (SSSR count). The van der Waals surface area contributed by atoms with Crippen LogP contribution in [0.5, 0.6) is 0 Å². The van der Waals surface area contributed by atoms with Gasteiger partial charge in [0.2, 0.25) is 0 Å². The van der Waals surface area contributed by atoms with Gasteiger partial charge in [-0.25, -0.2) is 0 Å². The Morgan fingerprint density at radius 1 is 1.27 bits per heavy atom. The van der Waals surface area contributed by atoms with Crippen molar-refractivity contribution < 1.29 is 0 Å². The third-order valence-electron chi connectivity index (χ3n) is 2.89. The normalized spacial score (nSPS) is 28.5. The van der Waals surface area contributed by atoms with Crippen molar-refractivity contribution in [2.45, 2.75) is 57.5 Å². The van der Waals surface area contributed by atoms with Crippen LogP contribution in [0.3, 0.4) is 0 Å². The Hall–Kier alpha value is 0.110. The van der Waals surface area contributed by atoms with Crippen molar-refractivity contribution in [3.63, 3.8) is 0 Å². The summed E-state index contributed by atoms with van der Waals surface area (Å²) in [6.07, 6.45) is 6.75. The van der Waals surface area contributed by atoms with Gasteiger partial charge in [0.25, 0.3) is 0 Å². The number of aliphatic imine (C=N–C) groups is 1. The summed E-state index contributed by atoms with van der Waals surface area (Å²) in [7, 11) is 0. The summed E-state index contributed by atoms with van der Waals surface area (Å²) in [5, 5.41) is 4.67. The maximum Gasteiger partial charge on any atom is 0.157 e. The van der Waals surface area contributed by atoms with E-state index in [2.05, 4.69) is 19.2 Å². The van der Waals surface area contributed by atoms with Gasteiger partial charge in [-0.1, -0.05) is 31.0 Å². The van der Waals surface area contributed by atoms with Gasteiger partial charge in [-0.15, -0.1) is 12.4 Å². The van der Waals surface area contributed by atoms with Crippen molar-refractivity contribution >= 4 is 29.3 Å². The largest absolute Gasteiger partial charge is 0.359 e. The van der Waals surface area contributed by atoms with Crippen LogP contribution in [0.25, 0.3) is 0 Å². The summed E-state index contributed by atoms with van der Waals surface area (Å²) >= 11 is 1.88. The molecule has 2 aliphatic rings. The molecule has 0 aromatic carbocycles. The quantitative estimate of drug-likeness (QED) is 0.771. The summed E-state index contributed by atoms with van der Waals surface area (Å²) in [5.74, 6) is 1.15. The van der Waals surface area contributed by atoms with Crippen LogP contribution in [0.2, 0.25) is 0 Å². The monoisotopic (exact) mass is 248 g/mol. The first-order valence-electron chi connectivity index (χ1n) is 5.64. The summed E-state index contributed by atoms with van der Waals surface area (Å²) in [5.41, 5.74) is 0.248. The highest BCUT2D eigenvalue weighted by Gasteiger charge is 2.28. The van der Waals surface area contributed by atoms with Gasteiger partial charge in [-0.3, -0.25) is 4.99 Å². The Kier molecular flexibility index (Phi) is 4.78. The van der Waals surface area contributed by atoms with E-state index in [1.165, 1.54) is 37.3 Å². The smallest absolute Gasteiger partial charge is 0.157 e. The Bertz CT molecular complexity index is 235. The van der Waals surface area contributed by atoms with Crippen LogP contribution >= 0.6 is 24.2 Å². The van der Waals surface area contributed by atoms with E-state index in [0.29, 0.717) is 6.04 Å². The third kappa shape index (κ3) is 3.87. The number of halogens is 1. The highest BCUT2D eigenvalue weighted by atomic mass is 35.5. The fraction of sp³-hybridized carbons (Fsp3) is 0.909. The molecule has 0 bridgehead atoms. The van der Waals surface area contributed by atoms with E-state index >= 15 is 0 Å². The van der Waals surface area contributed by atoms with E-state index in [9.17, 15) is 0 Å². The molecule has 2 fully saturated rings. The molecule has 0 spiro atoms. The average Bonchev–Trinajstić information content (AvgIpc) is 2.47. The first kappa shape index (κ1) is 13.2. The highest BCUT2D eigenvalue weighted by Crippen LogP contribution is 2.26. The van der Waals surface area contributed by atoms with Crippen LogP contribution in [-0.4, -0.2) is 22.5 Å². The maximum absolute atomic E-state index is 4.80. The van der Waals surface area contributed by atoms with Crippen molar-refractivity contribution in [3.8, 4) is 0 Å². The number of thioether (sulfide) groups is 1. The lowest BCUT2D eigenvalue weighted by atomic mass is 9.96. The van der Waals surface area contributed by atoms with Gasteiger partial charge in [0.1, 0.15) is 0 Å². The number of hydrogen-bond donors (Lipinski definition) is 1. The lowest BCUT2D eigenvalue weighted by Gasteiger charge is -2.19. The van der Waals surface area contributed by atoms with Gasteiger partial charge in [-0.2, -0.15) is 0 Å². The van der Waals surface area contributed by atoms with Crippen molar-refractivity contribution in [3.05, 3.63) is 0 Å². The summed E-state index contributed by atoms with van der Waals surface area (Å²) in [6.45, 7) is 4.48. The number of nitrogens with zero attached hydrogens (tertiary/aromatic N) is 1. The van der Waals surface area contributed by atoms with E-state index in [1.807, 2.05) is 11.8 Å². The second kappa shape index (κ2) is 5.44. The second-order valence-electron chi connectivity index (χ2n) is 5.02. The van der Waals surface area contributed by atoms with Crippen molar-refractivity contribution in [1.29, 1.82) is 0 Å². The zero-order valence-corrected chi connectivity index (χ0v) is 11.2. The number of nitrogens with one attached hydrogen (secondary N) is 1. The third-order valence-corrected chi connectivity index (χ3v) is 4.24. The minimum atomic E-state index is 0. The molecule has 88 valence electrons. The summed E-state index contributed by atoms with van der Waals surface area (Å²) in [6, 6.07) is 0.604. The minimum absolute atomic E-state index is 0. The molecule has 2 nitrogen and oxygen atoms in total. The van der Waals surface area contributed by atoms with Crippen molar-refractivity contribution in [2.24, 2.45) is 4.99 Å². The summed E-state index contributed by atoms with van der Waals surface area (Å²) < 4.78 is 0. The van der Waals surface area contributed by atoms with Crippen LogP contribution < -0.4 is 5.32 Å². The molecule has 15 heavy (non-hydrogen) atoms. The first-order valence-corrected chi connectivity index (χ1v) is 6.63. The summed E-state index contributed by atoms with van der Waals surface area (Å²) in [4.78, 5) is 4.80. The molecular weight excluding hydrogens is 228 g/mol. The second-order valence-corrected chi connectivity index (χ2v) is 5.99. The molecule has 1 heterocycles. The molecule has 1 saturated heterocycles. The average molecular weight is 249 g/mol. The van der Waals surface area contributed by atoms with Crippen LogP contribution in [0.1, 0.15) is 46.0 Å². The molecule has 0 aromatic rings. The van der Waals surface area contributed by atoms with E-state index in [4.69, 9.17) is 4.99 Å². The molecule has 1 aliphatic carbocycles. The molecule has 0 amide bonds. The first-order chi connectivity index (χ1) is 6.66. The van der Waals surface area contributed by atoms with E-state index in [1.54, 1.807) is 0 Å². The van der Waals surface area contributed by atoms with Crippen molar-refractivity contribution in [2.75, 3.05) is 5.75 Å². The zero-order chi connectivity index (χ0) is 10.0. The lowest BCUT2D eigenvalue weighted by Crippen LogP contribution is -2.37. The SMILES string of the molecule is CC1(C)CSC(=NC2CCCCC2)N1.Cl. The van der Waals surface area contributed by atoms with Gasteiger partial charge in [0.05, 0.1) is 6.04 Å². The fourth-order valence-corrected chi connectivity index (χ4v) is 3.20. The van der Waals surface area contributed by atoms with Gasteiger partial charge in [0.15, 0.2) is 5.17 Å². The molecule has 1 N–H and O–H groups in total. The lowest BCUT2D eigenvalue weighted by molar-refractivity contribution is 0.441. The van der Waals surface area contributed by atoms with Gasteiger partial charge in [0, 0.05) is 11.3 Å². The zero-order valence-electron chi connectivity index (χ0n) is 9.58. The Labute approximate surface area is 103 Å².